The Balaban J connectivity index is 1.92. The second-order valence-electron chi connectivity index (χ2n) is 5.97. The van der Waals surface area contributed by atoms with E-state index in [1.165, 1.54) is 12.1 Å². The molecule has 0 radical (unpaired) electrons. The number of rotatable bonds is 6. The van der Waals surface area contributed by atoms with Crippen LogP contribution in [0, 0.1) is 0 Å². The Morgan fingerprint density at radius 2 is 1.41 bits per heavy atom. The zero-order chi connectivity index (χ0) is 19.2. The molecule has 0 bridgehead atoms. The number of carbonyl (C=O) groups is 3. The fourth-order valence-electron chi connectivity index (χ4n) is 2.68. The topological polar surface area (TPSA) is 74.7 Å². The fourth-order valence-corrected chi connectivity index (χ4v) is 2.68. The van der Waals surface area contributed by atoms with E-state index in [4.69, 9.17) is 5.11 Å². The van der Waals surface area contributed by atoms with Crippen molar-refractivity contribution in [1.82, 2.24) is 0 Å². The average Bonchev–Trinajstić information content (AvgIpc) is 2.72. The Hall–Kier alpha value is -3.73. The van der Waals surface area contributed by atoms with Crippen LogP contribution >= 0.6 is 0 Å². The number of amides is 1. The van der Waals surface area contributed by atoms with Crippen LogP contribution < -0.4 is 4.90 Å². The molecule has 0 aliphatic carbocycles. The molecule has 0 spiro atoms. The van der Waals surface area contributed by atoms with Gasteiger partial charge in [-0.2, -0.15) is 0 Å². The van der Waals surface area contributed by atoms with E-state index in [1.807, 2.05) is 30.3 Å². The molecule has 3 aromatic rings. The first-order valence-corrected chi connectivity index (χ1v) is 8.33. The lowest BCUT2D eigenvalue weighted by molar-refractivity contribution is 0.0696. The lowest BCUT2D eigenvalue weighted by Crippen LogP contribution is -2.30. The SMILES string of the molecule is O=Cc1ccc(C(=O)N(Cc2ccc(C(=O)O)cc2)c2ccccc2)cc1. The van der Waals surface area contributed by atoms with E-state index < -0.39 is 5.97 Å². The third-order valence-electron chi connectivity index (χ3n) is 4.15. The van der Waals surface area contributed by atoms with Crippen molar-refractivity contribution < 1.29 is 19.5 Å². The zero-order valence-corrected chi connectivity index (χ0v) is 14.4. The molecule has 0 saturated heterocycles. The number of benzene rings is 3. The van der Waals surface area contributed by atoms with Crippen LogP contribution in [0.5, 0.6) is 0 Å². The maximum atomic E-state index is 13.1. The highest BCUT2D eigenvalue weighted by Crippen LogP contribution is 2.20. The molecule has 5 heteroatoms. The summed E-state index contributed by atoms with van der Waals surface area (Å²) in [5.74, 6) is -1.20. The molecule has 3 rings (SSSR count). The molecule has 0 aromatic heterocycles. The van der Waals surface area contributed by atoms with E-state index in [0.717, 1.165) is 17.5 Å². The molecule has 134 valence electrons. The molecular formula is C22H17NO4. The Morgan fingerprint density at radius 3 is 1.96 bits per heavy atom. The molecule has 5 nitrogen and oxygen atoms in total. The number of nitrogens with zero attached hydrogens (tertiary/aromatic N) is 1. The quantitative estimate of drug-likeness (QED) is 0.674. The zero-order valence-electron chi connectivity index (χ0n) is 14.4. The monoisotopic (exact) mass is 359 g/mol. The molecular weight excluding hydrogens is 342 g/mol. The van der Waals surface area contributed by atoms with Gasteiger partial charge in [-0.3, -0.25) is 9.59 Å². The maximum absolute atomic E-state index is 13.1. The van der Waals surface area contributed by atoms with Crippen LogP contribution in [0.1, 0.15) is 36.6 Å². The summed E-state index contributed by atoms with van der Waals surface area (Å²) in [5, 5.41) is 9.03. The number of carbonyl (C=O) groups excluding carboxylic acids is 2. The van der Waals surface area contributed by atoms with Gasteiger partial charge in [0.1, 0.15) is 6.29 Å². The molecule has 0 aliphatic heterocycles. The molecule has 27 heavy (non-hydrogen) atoms. The van der Waals surface area contributed by atoms with Gasteiger partial charge in [-0.25, -0.2) is 4.79 Å². The maximum Gasteiger partial charge on any atom is 0.335 e. The van der Waals surface area contributed by atoms with Gasteiger partial charge in [0.15, 0.2) is 0 Å². The summed E-state index contributed by atoms with van der Waals surface area (Å²) in [7, 11) is 0. The third kappa shape index (κ3) is 4.27. The van der Waals surface area contributed by atoms with E-state index in [2.05, 4.69) is 0 Å². The van der Waals surface area contributed by atoms with E-state index in [-0.39, 0.29) is 18.0 Å². The summed E-state index contributed by atoms with van der Waals surface area (Å²) >= 11 is 0. The lowest BCUT2D eigenvalue weighted by atomic mass is 10.1. The van der Waals surface area contributed by atoms with Crippen molar-refractivity contribution >= 4 is 23.9 Å². The number of anilines is 1. The molecule has 3 aromatic carbocycles. The van der Waals surface area contributed by atoms with Gasteiger partial charge in [0.2, 0.25) is 0 Å². The summed E-state index contributed by atoms with van der Waals surface area (Å²) in [5.41, 5.74) is 2.69. The average molecular weight is 359 g/mol. The Bertz CT molecular complexity index is 948. The Labute approximate surface area is 156 Å². The highest BCUT2D eigenvalue weighted by molar-refractivity contribution is 6.06. The van der Waals surface area contributed by atoms with Gasteiger partial charge in [0.05, 0.1) is 12.1 Å². The van der Waals surface area contributed by atoms with E-state index in [9.17, 15) is 14.4 Å². The number of aldehydes is 1. The summed E-state index contributed by atoms with van der Waals surface area (Å²) in [6, 6.07) is 22.1. The Kier molecular flexibility index (Phi) is 5.42. The van der Waals surface area contributed by atoms with Gasteiger partial charge in [-0.15, -0.1) is 0 Å². The van der Waals surface area contributed by atoms with Gasteiger partial charge in [0, 0.05) is 16.8 Å². The third-order valence-corrected chi connectivity index (χ3v) is 4.15. The van der Waals surface area contributed by atoms with Crippen molar-refractivity contribution in [2.75, 3.05) is 4.90 Å². The van der Waals surface area contributed by atoms with Gasteiger partial charge < -0.3 is 10.0 Å². The van der Waals surface area contributed by atoms with Crippen LogP contribution in [0.25, 0.3) is 0 Å². The Morgan fingerprint density at radius 1 is 0.815 bits per heavy atom. The second-order valence-corrected chi connectivity index (χ2v) is 5.97. The first kappa shape index (κ1) is 18.1. The molecule has 0 heterocycles. The predicted molar refractivity (Wildman–Crippen MR) is 102 cm³/mol. The number of carboxylic acid groups (broad SMARTS) is 1. The summed E-state index contributed by atoms with van der Waals surface area (Å²) in [6.07, 6.45) is 0.729. The molecule has 0 atom stereocenters. The van der Waals surface area contributed by atoms with Gasteiger partial charge in [-0.1, -0.05) is 42.5 Å². The van der Waals surface area contributed by atoms with E-state index in [1.54, 1.807) is 41.3 Å². The van der Waals surface area contributed by atoms with Crippen molar-refractivity contribution in [2.45, 2.75) is 6.54 Å². The minimum absolute atomic E-state index is 0.195. The minimum Gasteiger partial charge on any atom is -0.478 e. The summed E-state index contributed by atoms with van der Waals surface area (Å²) in [6.45, 7) is 0.290. The fraction of sp³-hybridized carbons (Fsp3) is 0.0455. The molecule has 0 fully saturated rings. The smallest absolute Gasteiger partial charge is 0.335 e. The lowest BCUT2D eigenvalue weighted by Gasteiger charge is -2.23. The van der Waals surface area contributed by atoms with Crippen LogP contribution in [0.15, 0.2) is 78.9 Å². The normalized spacial score (nSPS) is 10.2. The van der Waals surface area contributed by atoms with Gasteiger partial charge in [0.25, 0.3) is 5.91 Å². The summed E-state index contributed by atoms with van der Waals surface area (Å²) < 4.78 is 0. The molecule has 0 unspecified atom stereocenters. The first-order chi connectivity index (χ1) is 13.1. The van der Waals surface area contributed by atoms with Crippen molar-refractivity contribution in [3.8, 4) is 0 Å². The second kappa shape index (κ2) is 8.10. The van der Waals surface area contributed by atoms with E-state index in [0.29, 0.717) is 11.1 Å². The highest BCUT2D eigenvalue weighted by Gasteiger charge is 2.18. The van der Waals surface area contributed by atoms with Crippen LogP contribution in [0.2, 0.25) is 0 Å². The first-order valence-electron chi connectivity index (χ1n) is 8.33. The minimum atomic E-state index is -0.993. The van der Waals surface area contributed by atoms with Crippen LogP contribution in [0.4, 0.5) is 5.69 Å². The van der Waals surface area contributed by atoms with E-state index >= 15 is 0 Å². The number of carboxylic acids is 1. The molecule has 0 aliphatic rings. The van der Waals surface area contributed by atoms with Crippen molar-refractivity contribution in [1.29, 1.82) is 0 Å². The highest BCUT2D eigenvalue weighted by atomic mass is 16.4. The molecule has 0 saturated carbocycles. The van der Waals surface area contributed by atoms with Crippen LogP contribution in [0.3, 0.4) is 0 Å². The molecule has 1 amide bonds. The predicted octanol–water partition coefficient (Wildman–Crippen LogP) is 4.04. The van der Waals surface area contributed by atoms with Gasteiger partial charge in [-0.05, 0) is 42.0 Å². The van der Waals surface area contributed by atoms with Crippen molar-refractivity contribution in [3.05, 3.63) is 101 Å². The summed E-state index contributed by atoms with van der Waals surface area (Å²) in [4.78, 5) is 36.5. The number of hydrogen-bond donors (Lipinski definition) is 1. The largest absolute Gasteiger partial charge is 0.478 e. The van der Waals surface area contributed by atoms with Crippen molar-refractivity contribution in [2.24, 2.45) is 0 Å². The molecule has 1 N–H and O–H groups in total. The number of para-hydroxylation sites is 1. The standard InChI is InChI=1S/C22H17NO4/c24-15-17-8-10-18(11-9-17)21(25)23(20-4-2-1-3-5-20)14-16-6-12-19(13-7-16)22(26)27/h1-13,15H,14H2,(H,26,27). The number of aromatic carboxylic acids is 1. The van der Waals surface area contributed by atoms with Crippen LogP contribution in [-0.2, 0) is 6.54 Å². The van der Waals surface area contributed by atoms with Crippen LogP contribution in [-0.4, -0.2) is 23.3 Å². The number of hydrogen-bond acceptors (Lipinski definition) is 3. The van der Waals surface area contributed by atoms with Crippen molar-refractivity contribution in [3.63, 3.8) is 0 Å². The van der Waals surface area contributed by atoms with Gasteiger partial charge >= 0.3 is 5.97 Å².